The lowest BCUT2D eigenvalue weighted by Gasteiger charge is -2.10. The second-order valence-electron chi connectivity index (χ2n) is 6.03. The normalized spacial score (nSPS) is 18.2. The Morgan fingerprint density at radius 3 is 2.95 bits per heavy atom. The minimum Gasteiger partial charge on any atom is -0.477 e. The minimum atomic E-state index is 0.333. The van der Waals surface area contributed by atoms with Gasteiger partial charge in [0.05, 0.1) is 6.04 Å². The highest BCUT2D eigenvalue weighted by Crippen LogP contribution is 2.22. The van der Waals surface area contributed by atoms with Crippen molar-refractivity contribution in [2.45, 2.75) is 18.9 Å². The van der Waals surface area contributed by atoms with E-state index in [1.165, 1.54) is 22.0 Å². The van der Waals surface area contributed by atoms with Crippen molar-refractivity contribution in [1.82, 2.24) is 15.2 Å². The zero-order valence-electron chi connectivity index (χ0n) is 12.8. The number of H-pyrrole nitrogens is 1. The van der Waals surface area contributed by atoms with Crippen molar-refractivity contribution in [3.63, 3.8) is 0 Å². The molecular formula is C17H23N3O. The SMILES string of the molecule is C=C1NC(Cc2ccc3[nH]cc(CCN(C)C)c3c2)CO1. The lowest BCUT2D eigenvalue weighted by molar-refractivity contribution is 0.255. The Kier molecular flexibility index (Phi) is 3.88. The summed E-state index contributed by atoms with van der Waals surface area (Å²) in [5.74, 6) is 0.689. The van der Waals surface area contributed by atoms with E-state index in [2.05, 4.69) is 60.3 Å². The van der Waals surface area contributed by atoms with Gasteiger partial charge in [0.25, 0.3) is 0 Å². The van der Waals surface area contributed by atoms with Gasteiger partial charge < -0.3 is 19.9 Å². The molecule has 2 N–H and O–H groups in total. The zero-order valence-corrected chi connectivity index (χ0v) is 12.8. The zero-order chi connectivity index (χ0) is 14.8. The first-order valence-electron chi connectivity index (χ1n) is 7.43. The molecule has 2 heterocycles. The molecule has 4 heteroatoms. The molecule has 1 unspecified atom stereocenters. The second-order valence-corrected chi connectivity index (χ2v) is 6.03. The molecule has 4 nitrogen and oxygen atoms in total. The lowest BCUT2D eigenvalue weighted by atomic mass is 10.0. The van der Waals surface area contributed by atoms with Crippen molar-refractivity contribution in [2.75, 3.05) is 27.2 Å². The van der Waals surface area contributed by atoms with Crippen LogP contribution < -0.4 is 5.32 Å². The summed E-state index contributed by atoms with van der Waals surface area (Å²) in [6.07, 6.45) is 4.17. The molecule has 1 aromatic carbocycles. The van der Waals surface area contributed by atoms with E-state index < -0.39 is 0 Å². The van der Waals surface area contributed by atoms with Crippen molar-refractivity contribution in [1.29, 1.82) is 0 Å². The van der Waals surface area contributed by atoms with Gasteiger partial charge in [0.15, 0.2) is 5.88 Å². The van der Waals surface area contributed by atoms with Crippen LogP contribution in [-0.2, 0) is 17.6 Å². The van der Waals surface area contributed by atoms with E-state index in [1.807, 2.05) is 0 Å². The molecule has 0 bridgehead atoms. The fraction of sp³-hybridized carbons (Fsp3) is 0.412. The third kappa shape index (κ3) is 3.22. The Balaban J connectivity index is 1.77. The predicted molar refractivity (Wildman–Crippen MR) is 86.3 cm³/mol. The number of nitrogens with one attached hydrogen (secondary N) is 2. The Morgan fingerprint density at radius 1 is 1.38 bits per heavy atom. The number of hydrogen-bond acceptors (Lipinski definition) is 3. The third-order valence-electron chi connectivity index (χ3n) is 3.97. The smallest absolute Gasteiger partial charge is 0.179 e. The van der Waals surface area contributed by atoms with Crippen LogP contribution in [0.15, 0.2) is 36.9 Å². The molecule has 2 aromatic rings. The summed E-state index contributed by atoms with van der Waals surface area (Å²) >= 11 is 0. The number of ether oxygens (including phenoxy) is 1. The molecule has 1 aromatic heterocycles. The molecule has 3 rings (SSSR count). The summed E-state index contributed by atoms with van der Waals surface area (Å²) in [5.41, 5.74) is 3.94. The minimum absolute atomic E-state index is 0.333. The number of nitrogens with zero attached hydrogens (tertiary/aromatic N) is 1. The van der Waals surface area contributed by atoms with E-state index in [-0.39, 0.29) is 0 Å². The highest BCUT2D eigenvalue weighted by Gasteiger charge is 2.18. The molecular weight excluding hydrogens is 262 g/mol. The van der Waals surface area contributed by atoms with Gasteiger partial charge in [-0.15, -0.1) is 0 Å². The van der Waals surface area contributed by atoms with E-state index in [1.54, 1.807) is 0 Å². The molecule has 1 atom stereocenters. The first-order chi connectivity index (χ1) is 10.1. The number of hydrogen-bond donors (Lipinski definition) is 2. The van der Waals surface area contributed by atoms with Crippen LogP contribution in [0, 0.1) is 0 Å². The largest absolute Gasteiger partial charge is 0.477 e. The molecule has 0 radical (unpaired) electrons. The maximum atomic E-state index is 5.38. The first kappa shape index (κ1) is 14.0. The maximum Gasteiger partial charge on any atom is 0.179 e. The van der Waals surface area contributed by atoms with Crippen LogP contribution in [-0.4, -0.2) is 43.2 Å². The number of benzene rings is 1. The Hall–Kier alpha value is -1.94. The summed E-state index contributed by atoms with van der Waals surface area (Å²) in [7, 11) is 4.22. The average molecular weight is 285 g/mol. The molecule has 0 aliphatic carbocycles. The molecule has 112 valence electrons. The quantitative estimate of drug-likeness (QED) is 0.885. The van der Waals surface area contributed by atoms with Gasteiger partial charge in [-0.05, 0) is 56.8 Å². The number of likely N-dealkylation sites (N-methyl/N-ethyl adjacent to an activating group) is 1. The Bertz CT molecular complexity index is 645. The molecule has 1 fully saturated rings. The van der Waals surface area contributed by atoms with Crippen molar-refractivity contribution in [2.24, 2.45) is 0 Å². The third-order valence-corrected chi connectivity index (χ3v) is 3.97. The molecule has 0 saturated carbocycles. The van der Waals surface area contributed by atoms with Crippen LogP contribution in [0.4, 0.5) is 0 Å². The van der Waals surface area contributed by atoms with E-state index in [0.29, 0.717) is 18.5 Å². The van der Waals surface area contributed by atoms with E-state index in [4.69, 9.17) is 4.74 Å². The molecule has 21 heavy (non-hydrogen) atoms. The number of aromatic nitrogens is 1. The lowest BCUT2D eigenvalue weighted by Crippen LogP contribution is -2.24. The first-order valence-corrected chi connectivity index (χ1v) is 7.43. The van der Waals surface area contributed by atoms with Gasteiger partial charge in [0.1, 0.15) is 6.61 Å². The van der Waals surface area contributed by atoms with Crippen LogP contribution >= 0.6 is 0 Å². The fourth-order valence-corrected chi connectivity index (χ4v) is 2.81. The van der Waals surface area contributed by atoms with E-state index >= 15 is 0 Å². The topological polar surface area (TPSA) is 40.3 Å². The van der Waals surface area contributed by atoms with Gasteiger partial charge in [0.2, 0.25) is 0 Å². The fourth-order valence-electron chi connectivity index (χ4n) is 2.81. The Morgan fingerprint density at radius 2 is 2.24 bits per heavy atom. The van der Waals surface area contributed by atoms with Crippen molar-refractivity contribution in [3.8, 4) is 0 Å². The highest BCUT2D eigenvalue weighted by molar-refractivity contribution is 5.83. The van der Waals surface area contributed by atoms with Gasteiger partial charge in [-0.3, -0.25) is 0 Å². The van der Waals surface area contributed by atoms with Crippen molar-refractivity contribution >= 4 is 10.9 Å². The highest BCUT2D eigenvalue weighted by atomic mass is 16.5. The van der Waals surface area contributed by atoms with Gasteiger partial charge >= 0.3 is 0 Å². The number of rotatable bonds is 5. The van der Waals surface area contributed by atoms with Crippen molar-refractivity contribution in [3.05, 3.63) is 48.0 Å². The van der Waals surface area contributed by atoms with Gasteiger partial charge in [-0.25, -0.2) is 0 Å². The van der Waals surface area contributed by atoms with Crippen LogP contribution in [0.25, 0.3) is 10.9 Å². The summed E-state index contributed by atoms with van der Waals surface area (Å²) in [6.45, 7) is 5.57. The molecule has 0 spiro atoms. The van der Waals surface area contributed by atoms with Gasteiger partial charge in [-0.1, -0.05) is 6.07 Å². The molecule has 1 saturated heterocycles. The van der Waals surface area contributed by atoms with Crippen molar-refractivity contribution < 1.29 is 4.74 Å². The van der Waals surface area contributed by atoms with Gasteiger partial charge in [-0.2, -0.15) is 0 Å². The van der Waals surface area contributed by atoms with E-state index in [9.17, 15) is 0 Å². The molecule has 1 aliphatic rings. The molecule has 0 amide bonds. The molecule has 1 aliphatic heterocycles. The standard InChI is InChI=1S/C17H23N3O/c1-12-19-15(11-21-12)8-13-4-5-17-16(9-13)14(10-18-17)6-7-20(2)3/h4-5,9-10,15,18-19H,1,6-8,11H2,2-3H3. The monoisotopic (exact) mass is 285 g/mol. The van der Waals surface area contributed by atoms with E-state index in [0.717, 1.165) is 19.4 Å². The predicted octanol–water partition coefficient (Wildman–Crippen LogP) is 2.27. The second kappa shape index (κ2) is 5.82. The summed E-state index contributed by atoms with van der Waals surface area (Å²) in [5, 5.41) is 4.61. The van der Waals surface area contributed by atoms with Crippen LogP contribution in [0.5, 0.6) is 0 Å². The number of fused-ring (bicyclic) bond motifs is 1. The summed E-state index contributed by atoms with van der Waals surface area (Å²) < 4.78 is 5.38. The number of aromatic amines is 1. The van der Waals surface area contributed by atoms with Crippen LogP contribution in [0.2, 0.25) is 0 Å². The average Bonchev–Trinajstić information content (AvgIpc) is 3.03. The summed E-state index contributed by atoms with van der Waals surface area (Å²) in [6, 6.07) is 7.00. The Labute approximate surface area is 125 Å². The summed E-state index contributed by atoms with van der Waals surface area (Å²) in [4.78, 5) is 5.58. The van der Waals surface area contributed by atoms with Crippen LogP contribution in [0.3, 0.4) is 0 Å². The maximum absolute atomic E-state index is 5.38. The van der Waals surface area contributed by atoms with Crippen LogP contribution in [0.1, 0.15) is 11.1 Å². The van der Waals surface area contributed by atoms with Gasteiger partial charge in [0, 0.05) is 23.6 Å².